The molecule has 0 saturated heterocycles. The van der Waals surface area contributed by atoms with E-state index in [1.54, 1.807) is 20.8 Å². The second-order valence-electron chi connectivity index (χ2n) is 4.71. The van der Waals surface area contributed by atoms with Crippen LogP contribution in [0.2, 0.25) is 0 Å². The molecule has 0 unspecified atom stereocenters. The largest absolute Gasteiger partial charge is 0.443 e. The second-order valence-corrected chi connectivity index (χ2v) is 5.56. The SMILES string of the molecule is C=C(NNC(=O)OC(C)(C)C)c1ccccc1Br. The fourth-order valence-corrected chi connectivity index (χ4v) is 1.73. The van der Waals surface area contributed by atoms with Crippen molar-refractivity contribution in [3.63, 3.8) is 0 Å². The lowest BCUT2D eigenvalue weighted by Crippen LogP contribution is -2.40. The highest BCUT2D eigenvalue weighted by molar-refractivity contribution is 9.10. The molecule has 0 aliphatic rings. The minimum absolute atomic E-state index is 0.527. The summed E-state index contributed by atoms with van der Waals surface area (Å²) in [5.41, 5.74) is 6.07. The Morgan fingerprint density at radius 2 is 1.89 bits per heavy atom. The lowest BCUT2D eigenvalue weighted by Gasteiger charge is -2.20. The van der Waals surface area contributed by atoms with Crippen molar-refractivity contribution in [3.05, 3.63) is 40.9 Å². The van der Waals surface area contributed by atoms with Crippen LogP contribution in [-0.4, -0.2) is 11.7 Å². The standard InChI is InChI=1S/C13H17BrN2O2/c1-9(10-7-5-6-8-11(10)14)15-16-12(17)18-13(2,3)4/h5-8,15H,1H2,2-4H3,(H,16,17). The van der Waals surface area contributed by atoms with E-state index in [1.165, 1.54) is 0 Å². The number of hydrazine groups is 1. The molecule has 2 N–H and O–H groups in total. The fourth-order valence-electron chi connectivity index (χ4n) is 1.20. The van der Waals surface area contributed by atoms with Gasteiger partial charge < -0.3 is 4.74 Å². The summed E-state index contributed by atoms with van der Waals surface area (Å²) in [6.45, 7) is 9.25. The van der Waals surface area contributed by atoms with Gasteiger partial charge in [0, 0.05) is 10.0 Å². The lowest BCUT2D eigenvalue weighted by molar-refractivity contribution is 0.0511. The van der Waals surface area contributed by atoms with Crippen LogP contribution in [0, 0.1) is 0 Å². The monoisotopic (exact) mass is 312 g/mol. The molecular formula is C13H17BrN2O2. The third-order valence-electron chi connectivity index (χ3n) is 1.91. The van der Waals surface area contributed by atoms with E-state index < -0.39 is 11.7 Å². The predicted molar refractivity (Wildman–Crippen MR) is 75.7 cm³/mol. The number of benzene rings is 1. The van der Waals surface area contributed by atoms with Gasteiger partial charge in [-0.2, -0.15) is 0 Å². The van der Waals surface area contributed by atoms with Crippen LogP contribution >= 0.6 is 15.9 Å². The molecule has 1 amide bonds. The Bertz CT molecular complexity index is 453. The molecule has 5 heteroatoms. The molecule has 1 aromatic carbocycles. The minimum atomic E-state index is -0.546. The maximum Gasteiger partial charge on any atom is 0.426 e. The van der Waals surface area contributed by atoms with E-state index >= 15 is 0 Å². The van der Waals surface area contributed by atoms with E-state index in [1.807, 2.05) is 24.3 Å². The van der Waals surface area contributed by atoms with Gasteiger partial charge in [0.1, 0.15) is 5.60 Å². The number of halogens is 1. The molecule has 0 heterocycles. The van der Waals surface area contributed by atoms with Crippen LogP contribution in [0.15, 0.2) is 35.3 Å². The molecule has 0 atom stereocenters. The first-order valence-corrected chi connectivity index (χ1v) is 6.28. The van der Waals surface area contributed by atoms with Crippen LogP contribution in [0.25, 0.3) is 5.70 Å². The van der Waals surface area contributed by atoms with E-state index in [0.29, 0.717) is 5.70 Å². The molecule has 1 aromatic rings. The number of carbonyl (C=O) groups excluding carboxylic acids is 1. The normalized spacial score (nSPS) is 10.7. The predicted octanol–water partition coefficient (Wildman–Crippen LogP) is 3.45. The first-order chi connectivity index (χ1) is 8.29. The Morgan fingerprint density at radius 1 is 1.28 bits per heavy atom. The number of amides is 1. The van der Waals surface area contributed by atoms with Gasteiger partial charge in [-0.15, -0.1) is 0 Å². The van der Waals surface area contributed by atoms with E-state index in [4.69, 9.17) is 4.74 Å². The summed E-state index contributed by atoms with van der Waals surface area (Å²) in [6, 6.07) is 7.58. The van der Waals surface area contributed by atoms with Gasteiger partial charge in [-0.3, -0.25) is 5.43 Å². The van der Waals surface area contributed by atoms with Gasteiger partial charge in [-0.25, -0.2) is 10.2 Å². The van der Waals surface area contributed by atoms with Crippen LogP contribution in [0.1, 0.15) is 26.3 Å². The average molecular weight is 313 g/mol. The number of ether oxygens (including phenoxy) is 1. The molecule has 18 heavy (non-hydrogen) atoms. The zero-order valence-electron chi connectivity index (χ0n) is 10.7. The Hall–Kier alpha value is -1.49. The molecule has 0 aliphatic heterocycles. The molecule has 0 aromatic heterocycles. The van der Waals surface area contributed by atoms with Gasteiger partial charge in [0.2, 0.25) is 0 Å². The molecule has 0 spiro atoms. The number of rotatable bonds is 3. The van der Waals surface area contributed by atoms with Crippen molar-refractivity contribution in [2.24, 2.45) is 0 Å². The smallest absolute Gasteiger partial charge is 0.426 e. The van der Waals surface area contributed by atoms with Crippen molar-refractivity contribution < 1.29 is 9.53 Å². The number of hydrogen-bond donors (Lipinski definition) is 2. The molecular weight excluding hydrogens is 296 g/mol. The van der Waals surface area contributed by atoms with Crippen molar-refractivity contribution in [3.8, 4) is 0 Å². The Kier molecular flexibility index (Phi) is 4.78. The zero-order chi connectivity index (χ0) is 13.8. The van der Waals surface area contributed by atoms with Crippen LogP contribution in [-0.2, 0) is 4.74 Å². The van der Waals surface area contributed by atoms with E-state index in [9.17, 15) is 4.79 Å². The maximum absolute atomic E-state index is 11.4. The quantitative estimate of drug-likeness (QED) is 0.840. The van der Waals surface area contributed by atoms with Crippen molar-refractivity contribution in [2.75, 3.05) is 0 Å². The highest BCUT2D eigenvalue weighted by Crippen LogP contribution is 2.20. The summed E-state index contributed by atoms with van der Waals surface area (Å²) < 4.78 is 5.99. The van der Waals surface area contributed by atoms with Gasteiger partial charge in [0.15, 0.2) is 0 Å². The maximum atomic E-state index is 11.4. The summed E-state index contributed by atoms with van der Waals surface area (Å²) in [7, 11) is 0. The third kappa shape index (κ3) is 4.79. The highest BCUT2D eigenvalue weighted by Gasteiger charge is 2.16. The Labute approximate surface area is 116 Å². The molecule has 0 saturated carbocycles. The highest BCUT2D eigenvalue weighted by atomic mass is 79.9. The van der Waals surface area contributed by atoms with Crippen molar-refractivity contribution >= 4 is 27.7 Å². The first-order valence-electron chi connectivity index (χ1n) is 5.48. The van der Waals surface area contributed by atoms with Gasteiger partial charge in [-0.05, 0) is 26.8 Å². The molecule has 0 fully saturated rings. The van der Waals surface area contributed by atoms with Crippen LogP contribution in [0.3, 0.4) is 0 Å². The third-order valence-corrected chi connectivity index (χ3v) is 2.60. The van der Waals surface area contributed by atoms with Gasteiger partial charge in [0.25, 0.3) is 0 Å². The molecule has 0 aliphatic carbocycles. The van der Waals surface area contributed by atoms with Crippen molar-refractivity contribution in [1.29, 1.82) is 0 Å². The van der Waals surface area contributed by atoms with Crippen molar-refractivity contribution in [2.45, 2.75) is 26.4 Å². The van der Waals surface area contributed by atoms with E-state index in [2.05, 4.69) is 33.4 Å². The second kappa shape index (κ2) is 5.91. The van der Waals surface area contributed by atoms with Crippen molar-refractivity contribution in [1.82, 2.24) is 10.9 Å². The minimum Gasteiger partial charge on any atom is -0.443 e. The Balaban J connectivity index is 2.52. The van der Waals surface area contributed by atoms with Gasteiger partial charge in [0.05, 0.1) is 5.70 Å². The first kappa shape index (κ1) is 14.6. The average Bonchev–Trinajstić information content (AvgIpc) is 2.24. The summed E-state index contributed by atoms with van der Waals surface area (Å²) in [5.74, 6) is 0. The van der Waals surface area contributed by atoms with E-state index in [0.717, 1.165) is 10.0 Å². The number of nitrogens with one attached hydrogen (secondary N) is 2. The Morgan fingerprint density at radius 3 is 2.44 bits per heavy atom. The number of hydrogen-bond acceptors (Lipinski definition) is 3. The fraction of sp³-hybridized carbons (Fsp3) is 0.308. The summed E-state index contributed by atoms with van der Waals surface area (Å²) >= 11 is 3.41. The lowest BCUT2D eigenvalue weighted by atomic mass is 10.2. The van der Waals surface area contributed by atoms with E-state index in [-0.39, 0.29) is 0 Å². The molecule has 1 rings (SSSR count). The molecule has 0 bridgehead atoms. The van der Waals surface area contributed by atoms with Crippen LogP contribution in [0.5, 0.6) is 0 Å². The van der Waals surface area contributed by atoms with Gasteiger partial charge >= 0.3 is 6.09 Å². The zero-order valence-corrected chi connectivity index (χ0v) is 12.3. The molecule has 4 nitrogen and oxygen atoms in total. The molecule has 0 radical (unpaired) electrons. The summed E-state index contributed by atoms with van der Waals surface area (Å²) in [6.07, 6.45) is -0.546. The topological polar surface area (TPSA) is 50.4 Å². The van der Waals surface area contributed by atoms with Crippen LogP contribution in [0.4, 0.5) is 4.79 Å². The summed E-state index contributed by atoms with van der Waals surface area (Å²) in [4.78, 5) is 11.4. The number of carbonyl (C=O) groups is 1. The molecule has 98 valence electrons. The summed E-state index contributed by atoms with van der Waals surface area (Å²) in [5, 5.41) is 0. The van der Waals surface area contributed by atoms with Gasteiger partial charge in [-0.1, -0.05) is 40.7 Å². The van der Waals surface area contributed by atoms with Crippen LogP contribution < -0.4 is 10.9 Å².